The summed E-state index contributed by atoms with van der Waals surface area (Å²) in [4.78, 5) is 132. The molecule has 0 radical (unpaired) electrons. The first-order valence-electron chi connectivity index (χ1n) is 27.6. The van der Waals surface area contributed by atoms with Gasteiger partial charge in [-0.1, -0.05) is 90.0 Å². The van der Waals surface area contributed by atoms with Crippen molar-refractivity contribution in [1.29, 1.82) is 0 Å². The molecule has 10 atom stereocenters. The van der Waals surface area contributed by atoms with Crippen LogP contribution in [0.2, 0.25) is 0 Å². The second kappa shape index (κ2) is 34.2. The number of carbonyl (C=O) groups excluding carboxylic acids is 9. The lowest BCUT2D eigenvalue weighted by Gasteiger charge is -2.41. The van der Waals surface area contributed by atoms with Crippen molar-refractivity contribution in [2.45, 2.75) is 203 Å². The van der Waals surface area contributed by atoms with Crippen molar-refractivity contribution >= 4 is 53.8 Å². The van der Waals surface area contributed by atoms with E-state index in [2.05, 4.69) is 26.6 Å². The zero-order chi connectivity index (χ0) is 59.2. The summed E-state index contributed by atoms with van der Waals surface area (Å²) in [5.74, 6) is -3.88. The first-order valence-corrected chi connectivity index (χ1v) is 27.6. The van der Waals surface area contributed by atoms with Gasteiger partial charge in [0.25, 0.3) is 5.91 Å². The van der Waals surface area contributed by atoms with Crippen LogP contribution >= 0.6 is 0 Å². The molecule has 0 aliphatic rings. The second-order valence-corrected chi connectivity index (χ2v) is 23.6. The van der Waals surface area contributed by atoms with Gasteiger partial charge in [0.05, 0.1) is 24.4 Å². The van der Waals surface area contributed by atoms with Gasteiger partial charge in [0.15, 0.2) is 0 Å². The molecule has 21 heteroatoms. The topological polar surface area (TPSA) is 253 Å². The van der Waals surface area contributed by atoms with Crippen LogP contribution in [0.25, 0.3) is 0 Å². The Morgan fingerprint density at radius 3 is 1.49 bits per heavy atom. The van der Waals surface area contributed by atoms with Crippen LogP contribution < -0.4 is 26.6 Å². The highest BCUT2D eigenvalue weighted by molar-refractivity contribution is 6.01. The molecule has 0 aliphatic heterocycles. The van der Waals surface area contributed by atoms with Crippen molar-refractivity contribution < 1.29 is 48.3 Å². The van der Waals surface area contributed by atoms with Gasteiger partial charge in [0.1, 0.15) is 30.2 Å². The quantitative estimate of drug-likeness (QED) is 0.0398. The van der Waals surface area contributed by atoms with Crippen LogP contribution in [0.15, 0.2) is 0 Å². The molecule has 0 heterocycles. The Morgan fingerprint density at radius 1 is 0.513 bits per heavy atom. The number of carbonyl (C=O) groups is 9. The first-order chi connectivity index (χ1) is 35.1. The molecule has 0 aromatic heterocycles. The molecule has 0 saturated heterocycles. The molecular weight excluding hydrogens is 975 g/mol. The zero-order valence-electron chi connectivity index (χ0n) is 50.8. The van der Waals surface area contributed by atoms with Crippen LogP contribution in [0.3, 0.4) is 0 Å². The molecule has 76 heavy (non-hydrogen) atoms. The molecule has 0 bridgehead atoms. The Hall–Kier alpha value is -4.73. The number of rotatable bonds is 34. The molecule has 6 N–H and O–H groups in total. The monoisotopic (exact) mass is 1080 g/mol. The van der Waals surface area contributed by atoms with Crippen molar-refractivity contribution in [2.75, 3.05) is 55.9 Å². The van der Waals surface area contributed by atoms with E-state index >= 15 is 0 Å². The average molecular weight is 1080 g/mol. The first kappa shape index (κ1) is 71.3. The van der Waals surface area contributed by atoms with E-state index in [4.69, 9.17) is 0 Å². The highest BCUT2D eigenvalue weighted by atomic mass is 16.3. The van der Waals surface area contributed by atoms with Crippen LogP contribution in [0.4, 0.5) is 4.79 Å². The minimum absolute atomic E-state index is 0.0386. The van der Waals surface area contributed by atoms with Crippen LogP contribution in [0, 0.1) is 41.4 Å². The number of aliphatic hydroxyl groups is 1. The summed E-state index contributed by atoms with van der Waals surface area (Å²) in [6, 6.07) is -7.56. The van der Waals surface area contributed by atoms with Crippen LogP contribution in [-0.4, -0.2) is 199 Å². The smallest absolute Gasteiger partial charge is 0.324 e. The Balaban J connectivity index is 6.84. The SMILES string of the molecule is CN[C@@H](CC(C)C)C(=O)N(C)[C@@H](CCC(C)C)C(=O)N(C)C(C(=O)N(C)[C@@H](C[C@H](C)CCO)C(=O)NC(=O)N(C)[C@H](C)C(=O)N(C)[C@@H](CC(C)C)C(=O)NC(C(C)C)N(C)[C@@H](CC(C)C)N[C@H](C)C(=O)NC=O)C(C)C. The predicted molar refractivity (Wildman–Crippen MR) is 298 cm³/mol. The molecule has 2 unspecified atom stereocenters. The van der Waals surface area contributed by atoms with Gasteiger partial charge in [-0.3, -0.25) is 59.2 Å². The standard InChI is InChI=1S/C55H105N11O10/c1-32(2)23-24-42(62(18)52(73)41(56-16)27-33(3)4)53(74)66(22)46(36(9)10)54(75)64(20)44(30-38(13)25-26-67)50(71)60-55(76)61(17)40(15)51(72)63(19)43(28-34(5)6)49(70)59-47(37(11)12)65(21)45(29-35(7)8)58-39(14)48(69)57-31-68/h31-47,56,58,67H,23-30H2,1-22H3,(H,59,70)(H,57,68,69)(H,60,71,76)/t38-,39-,40-,41+,42+,43+,44+,45+,46?,47?/m1/s1. The fourth-order valence-corrected chi connectivity index (χ4v) is 9.45. The Labute approximate surface area is 457 Å². The molecule has 0 aromatic carbocycles. The van der Waals surface area contributed by atoms with E-state index in [0.717, 1.165) is 4.90 Å². The maximum Gasteiger partial charge on any atom is 0.324 e. The van der Waals surface area contributed by atoms with E-state index in [1.165, 1.54) is 54.7 Å². The third kappa shape index (κ3) is 22.3. The molecular formula is C55H105N11O10. The predicted octanol–water partition coefficient (Wildman–Crippen LogP) is 3.68. The number of imide groups is 2. The van der Waals surface area contributed by atoms with E-state index in [1.807, 2.05) is 88.1 Å². The third-order valence-corrected chi connectivity index (χ3v) is 14.4. The molecule has 21 nitrogen and oxygen atoms in total. The maximum absolute atomic E-state index is 14.8. The van der Waals surface area contributed by atoms with Gasteiger partial charge in [0, 0.05) is 41.8 Å². The number of amides is 10. The lowest BCUT2D eigenvalue weighted by molar-refractivity contribution is -0.154. The maximum atomic E-state index is 14.8. The molecule has 0 saturated carbocycles. The summed E-state index contributed by atoms with van der Waals surface area (Å²) in [5, 5.41) is 23.9. The summed E-state index contributed by atoms with van der Waals surface area (Å²) < 4.78 is 0. The minimum Gasteiger partial charge on any atom is -0.396 e. The lowest BCUT2D eigenvalue weighted by Crippen LogP contribution is -2.63. The lowest BCUT2D eigenvalue weighted by atomic mass is 9.94. The molecule has 440 valence electrons. The Kier molecular flexibility index (Phi) is 32.1. The molecule has 0 fully saturated rings. The summed E-state index contributed by atoms with van der Waals surface area (Å²) in [6.45, 7) is 28.2. The van der Waals surface area contributed by atoms with Crippen molar-refractivity contribution in [2.24, 2.45) is 41.4 Å². The highest BCUT2D eigenvalue weighted by Gasteiger charge is 2.42. The Bertz CT molecular complexity index is 1870. The molecule has 0 aliphatic carbocycles. The second-order valence-electron chi connectivity index (χ2n) is 23.6. The van der Waals surface area contributed by atoms with E-state index in [1.54, 1.807) is 34.9 Å². The Morgan fingerprint density at radius 2 is 1.03 bits per heavy atom. The third-order valence-electron chi connectivity index (χ3n) is 14.4. The number of urea groups is 1. The largest absolute Gasteiger partial charge is 0.396 e. The van der Waals surface area contributed by atoms with Gasteiger partial charge < -0.3 is 40.2 Å². The number of aliphatic hydroxyl groups excluding tert-OH is 1. The number of nitrogens with one attached hydrogen (secondary N) is 5. The van der Waals surface area contributed by atoms with Crippen molar-refractivity contribution in [3.63, 3.8) is 0 Å². The zero-order valence-corrected chi connectivity index (χ0v) is 50.8. The van der Waals surface area contributed by atoms with Gasteiger partial charge in [0.2, 0.25) is 41.9 Å². The van der Waals surface area contributed by atoms with Crippen LogP contribution in [0.5, 0.6) is 0 Å². The van der Waals surface area contributed by atoms with Gasteiger partial charge in [-0.25, -0.2) is 4.79 Å². The summed E-state index contributed by atoms with van der Waals surface area (Å²) in [7, 11) is 11.0. The minimum atomic E-state index is -1.25. The number of hydrogen-bond donors (Lipinski definition) is 6. The van der Waals surface area contributed by atoms with Gasteiger partial charge >= 0.3 is 6.03 Å². The molecule has 0 aromatic rings. The van der Waals surface area contributed by atoms with E-state index in [-0.39, 0.29) is 60.9 Å². The molecule has 10 amide bonds. The van der Waals surface area contributed by atoms with E-state index in [0.29, 0.717) is 38.5 Å². The number of likely N-dealkylation sites (N-methyl/N-ethyl adjacent to an activating group) is 6. The summed E-state index contributed by atoms with van der Waals surface area (Å²) in [5.41, 5.74) is 0. The summed E-state index contributed by atoms with van der Waals surface area (Å²) in [6.07, 6.45) is 2.14. The van der Waals surface area contributed by atoms with Gasteiger partial charge in [-0.2, -0.15) is 0 Å². The summed E-state index contributed by atoms with van der Waals surface area (Å²) >= 11 is 0. The highest BCUT2D eigenvalue weighted by Crippen LogP contribution is 2.24. The van der Waals surface area contributed by atoms with Crippen LogP contribution in [0.1, 0.15) is 149 Å². The fourth-order valence-electron chi connectivity index (χ4n) is 9.45. The average Bonchev–Trinajstić information content (AvgIpc) is 3.33. The fraction of sp³-hybridized carbons (Fsp3) is 0.836. The van der Waals surface area contributed by atoms with Crippen molar-refractivity contribution in [3.05, 3.63) is 0 Å². The van der Waals surface area contributed by atoms with Crippen molar-refractivity contribution in [3.8, 4) is 0 Å². The van der Waals surface area contributed by atoms with E-state index in [9.17, 15) is 48.3 Å². The number of nitrogens with zero attached hydrogens (tertiary/aromatic N) is 6. The van der Waals surface area contributed by atoms with Crippen molar-refractivity contribution in [1.82, 2.24) is 56.0 Å². The number of hydrogen-bond acceptors (Lipinski definition) is 13. The molecule has 0 rings (SSSR count). The van der Waals surface area contributed by atoms with Gasteiger partial charge in [-0.15, -0.1) is 0 Å². The van der Waals surface area contributed by atoms with E-state index < -0.39 is 102 Å². The van der Waals surface area contributed by atoms with Crippen LogP contribution in [-0.2, 0) is 38.4 Å². The normalized spacial score (nSPS) is 15.8. The van der Waals surface area contributed by atoms with Gasteiger partial charge in [-0.05, 0) is 114 Å². The molecule has 0 spiro atoms.